The first kappa shape index (κ1) is 14.0. The van der Waals surface area contributed by atoms with Crippen LogP contribution in [0.15, 0.2) is 40.9 Å². The van der Waals surface area contributed by atoms with E-state index in [-0.39, 0.29) is 11.6 Å². The fourth-order valence-electron chi connectivity index (χ4n) is 1.79. The molecule has 0 radical (unpaired) electrons. The Balaban J connectivity index is 2.10. The largest absolute Gasteiger partial charge is 0.486 e. The topological polar surface area (TPSA) is 35.2 Å². The zero-order valence-corrected chi connectivity index (χ0v) is 12.2. The highest BCUT2D eigenvalue weighted by molar-refractivity contribution is 9.10. The molecule has 2 aromatic carbocycles. The molecule has 0 heterocycles. The van der Waals surface area contributed by atoms with Crippen LogP contribution in [-0.4, -0.2) is 0 Å². The molecule has 2 aromatic rings. The van der Waals surface area contributed by atoms with Crippen molar-refractivity contribution in [2.75, 3.05) is 0 Å². The van der Waals surface area contributed by atoms with Gasteiger partial charge in [0.2, 0.25) is 0 Å². The van der Waals surface area contributed by atoms with E-state index in [0.717, 1.165) is 16.7 Å². The summed E-state index contributed by atoms with van der Waals surface area (Å²) in [5.74, 6) is -0.115. The van der Waals surface area contributed by atoms with E-state index in [0.29, 0.717) is 17.6 Å². The number of hydrogen-bond donors (Lipinski definition) is 1. The van der Waals surface area contributed by atoms with Crippen LogP contribution >= 0.6 is 15.9 Å². The number of hydrogen-bond acceptors (Lipinski definition) is 2. The summed E-state index contributed by atoms with van der Waals surface area (Å²) in [5, 5.41) is 0. The maximum absolute atomic E-state index is 13.6. The van der Waals surface area contributed by atoms with Gasteiger partial charge in [0.1, 0.15) is 6.61 Å². The maximum atomic E-state index is 13.6. The van der Waals surface area contributed by atoms with Crippen molar-refractivity contribution in [3.63, 3.8) is 0 Å². The molecule has 0 aliphatic rings. The van der Waals surface area contributed by atoms with Gasteiger partial charge in [-0.05, 0) is 41.8 Å². The van der Waals surface area contributed by atoms with Gasteiger partial charge in [0.05, 0.1) is 0 Å². The molecule has 0 saturated heterocycles. The maximum Gasteiger partial charge on any atom is 0.166 e. The van der Waals surface area contributed by atoms with Crippen LogP contribution in [0.1, 0.15) is 16.7 Å². The van der Waals surface area contributed by atoms with Crippen molar-refractivity contribution in [3.05, 3.63) is 63.4 Å². The van der Waals surface area contributed by atoms with E-state index in [9.17, 15) is 4.39 Å². The van der Waals surface area contributed by atoms with E-state index >= 15 is 0 Å². The summed E-state index contributed by atoms with van der Waals surface area (Å²) < 4.78 is 19.8. The molecule has 0 aliphatic heterocycles. The van der Waals surface area contributed by atoms with Gasteiger partial charge in [-0.25, -0.2) is 4.39 Å². The SMILES string of the molecule is Cc1cc(CN)ccc1COc1ccc(Br)cc1F. The molecule has 0 aliphatic carbocycles. The molecule has 0 spiro atoms. The number of ether oxygens (including phenoxy) is 1. The van der Waals surface area contributed by atoms with Gasteiger partial charge in [-0.2, -0.15) is 0 Å². The third kappa shape index (κ3) is 3.55. The molecule has 4 heteroatoms. The molecule has 2 rings (SSSR count). The summed E-state index contributed by atoms with van der Waals surface area (Å²) >= 11 is 3.21. The van der Waals surface area contributed by atoms with Crippen molar-refractivity contribution in [1.29, 1.82) is 0 Å². The minimum absolute atomic E-state index is 0.255. The Hall–Kier alpha value is -1.39. The lowest BCUT2D eigenvalue weighted by atomic mass is 10.1. The molecule has 2 N–H and O–H groups in total. The Morgan fingerprint density at radius 2 is 2.00 bits per heavy atom. The molecule has 0 saturated carbocycles. The van der Waals surface area contributed by atoms with Crippen molar-refractivity contribution >= 4 is 15.9 Å². The molecule has 2 nitrogen and oxygen atoms in total. The molecule has 0 fully saturated rings. The predicted octanol–water partition coefficient (Wildman–Crippen LogP) is 3.93. The first-order chi connectivity index (χ1) is 9.10. The minimum atomic E-state index is -0.370. The summed E-state index contributed by atoms with van der Waals surface area (Å²) in [5.41, 5.74) is 8.79. The standard InChI is InChI=1S/C15H15BrFNO/c1-10-6-11(8-18)2-3-12(10)9-19-15-5-4-13(16)7-14(15)17/h2-7H,8-9,18H2,1H3. The van der Waals surface area contributed by atoms with Crippen molar-refractivity contribution in [2.24, 2.45) is 5.73 Å². The second kappa shape index (κ2) is 6.17. The highest BCUT2D eigenvalue weighted by atomic mass is 79.9. The van der Waals surface area contributed by atoms with Crippen LogP contribution in [0, 0.1) is 12.7 Å². The molecular formula is C15H15BrFNO. The van der Waals surface area contributed by atoms with Crippen LogP contribution < -0.4 is 10.5 Å². The average Bonchev–Trinajstić information content (AvgIpc) is 2.39. The Morgan fingerprint density at radius 3 is 2.63 bits per heavy atom. The van der Waals surface area contributed by atoms with E-state index in [4.69, 9.17) is 10.5 Å². The quantitative estimate of drug-likeness (QED) is 0.925. The third-order valence-electron chi connectivity index (χ3n) is 2.92. The Morgan fingerprint density at radius 1 is 1.21 bits per heavy atom. The second-order valence-electron chi connectivity index (χ2n) is 4.33. The smallest absolute Gasteiger partial charge is 0.166 e. The van der Waals surface area contributed by atoms with Crippen molar-refractivity contribution in [2.45, 2.75) is 20.1 Å². The van der Waals surface area contributed by atoms with Crippen LogP contribution in [0.2, 0.25) is 0 Å². The minimum Gasteiger partial charge on any atom is -0.486 e. The molecule has 19 heavy (non-hydrogen) atoms. The van der Waals surface area contributed by atoms with Crippen LogP contribution in [0.5, 0.6) is 5.75 Å². The highest BCUT2D eigenvalue weighted by Gasteiger charge is 2.06. The van der Waals surface area contributed by atoms with Gasteiger partial charge >= 0.3 is 0 Å². The van der Waals surface area contributed by atoms with Gasteiger partial charge in [0.25, 0.3) is 0 Å². The Bertz CT molecular complexity index is 586. The first-order valence-electron chi connectivity index (χ1n) is 5.96. The van der Waals surface area contributed by atoms with Crippen LogP contribution in [0.4, 0.5) is 4.39 Å². The van der Waals surface area contributed by atoms with E-state index in [1.807, 2.05) is 25.1 Å². The monoisotopic (exact) mass is 323 g/mol. The summed E-state index contributed by atoms with van der Waals surface area (Å²) in [6.07, 6.45) is 0. The Kier molecular flexibility index (Phi) is 4.56. The van der Waals surface area contributed by atoms with Gasteiger partial charge in [0.15, 0.2) is 11.6 Å². The zero-order valence-electron chi connectivity index (χ0n) is 10.6. The van der Waals surface area contributed by atoms with Gasteiger partial charge in [-0.3, -0.25) is 0 Å². The average molecular weight is 324 g/mol. The number of halogens is 2. The van der Waals surface area contributed by atoms with Gasteiger partial charge in [-0.1, -0.05) is 34.1 Å². The normalized spacial score (nSPS) is 10.5. The fourth-order valence-corrected chi connectivity index (χ4v) is 2.13. The number of nitrogens with two attached hydrogens (primary N) is 1. The highest BCUT2D eigenvalue weighted by Crippen LogP contribution is 2.23. The Labute approximate surface area is 120 Å². The summed E-state index contributed by atoms with van der Waals surface area (Å²) in [7, 11) is 0. The fraction of sp³-hybridized carbons (Fsp3) is 0.200. The number of benzene rings is 2. The number of rotatable bonds is 4. The first-order valence-corrected chi connectivity index (χ1v) is 6.76. The zero-order chi connectivity index (χ0) is 13.8. The molecule has 0 bridgehead atoms. The molecule has 100 valence electrons. The summed E-state index contributed by atoms with van der Waals surface area (Å²) in [6.45, 7) is 2.86. The predicted molar refractivity (Wildman–Crippen MR) is 77.5 cm³/mol. The van der Waals surface area contributed by atoms with Crippen LogP contribution in [0.3, 0.4) is 0 Å². The van der Waals surface area contributed by atoms with Crippen molar-refractivity contribution in [1.82, 2.24) is 0 Å². The summed E-state index contributed by atoms with van der Waals surface area (Å²) in [6, 6.07) is 10.7. The van der Waals surface area contributed by atoms with Crippen LogP contribution in [0.25, 0.3) is 0 Å². The van der Waals surface area contributed by atoms with Gasteiger partial charge in [0, 0.05) is 11.0 Å². The molecule has 0 unspecified atom stereocenters. The van der Waals surface area contributed by atoms with E-state index in [2.05, 4.69) is 15.9 Å². The lowest BCUT2D eigenvalue weighted by Gasteiger charge is -2.10. The van der Waals surface area contributed by atoms with Gasteiger partial charge < -0.3 is 10.5 Å². The van der Waals surface area contributed by atoms with E-state index in [1.54, 1.807) is 12.1 Å². The van der Waals surface area contributed by atoms with Gasteiger partial charge in [-0.15, -0.1) is 0 Å². The van der Waals surface area contributed by atoms with E-state index in [1.165, 1.54) is 6.07 Å². The molecule has 0 amide bonds. The van der Waals surface area contributed by atoms with Crippen LogP contribution in [-0.2, 0) is 13.2 Å². The number of aryl methyl sites for hydroxylation is 1. The lowest BCUT2D eigenvalue weighted by Crippen LogP contribution is -2.02. The molecular weight excluding hydrogens is 309 g/mol. The third-order valence-corrected chi connectivity index (χ3v) is 3.41. The van der Waals surface area contributed by atoms with E-state index < -0.39 is 0 Å². The summed E-state index contributed by atoms with van der Waals surface area (Å²) in [4.78, 5) is 0. The second-order valence-corrected chi connectivity index (χ2v) is 5.24. The molecule has 0 atom stereocenters. The lowest BCUT2D eigenvalue weighted by molar-refractivity contribution is 0.289. The molecule has 0 aromatic heterocycles. The van der Waals surface area contributed by atoms with Crippen molar-refractivity contribution in [3.8, 4) is 5.75 Å². The van der Waals surface area contributed by atoms with Crippen molar-refractivity contribution < 1.29 is 9.13 Å².